The average Bonchev–Trinajstić information content (AvgIpc) is 2.77. The van der Waals surface area contributed by atoms with Crippen molar-refractivity contribution in [1.29, 1.82) is 0 Å². The summed E-state index contributed by atoms with van der Waals surface area (Å²) in [6.45, 7) is 1.86. The van der Waals surface area contributed by atoms with Gasteiger partial charge in [-0.15, -0.1) is 0 Å². The lowest BCUT2D eigenvalue weighted by molar-refractivity contribution is 0.101. The Labute approximate surface area is 185 Å². The zero-order valence-electron chi connectivity index (χ0n) is 17.5. The number of carbonyl (C=O) groups is 3. The number of hydrogen-bond donors (Lipinski definition) is 2. The van der Waals surface area contributed by atoms with Crippen LogP contribution in [-0.4, -0.2) is 36.0 Å². The van der Waals surface area contributed by atoms with Crippen molar-refractivity contribution in [3.05, 3.63) is 89.5 Å². The quantitative estimate of drug-likeness (QED) is 0.537. The van der Waals surface area contributed by atoms with Crippen molar-refractivity contribution in [3.63, 3.8) is 0 Å². The highest BCUT2D eigenvalue weighted by atomic mass is 32.2. The first-order chi connectivity index (χ1) is 14.8. The Bertz CT molecular complexity index is 1110. The van der Waals surface area contributed by atoms with E-state index < -0.39 is 0 Å². The van der Waals surface area contributed by atoms with Gasteiger partial charge in [-0.2, -0.15) is 0 Å². The third-order valence-electron chi connectivity index (χ3n) is 4.48. The Morgan fingerprint density at radius 2 is 1.35 bits per heavy atom. The number of hydrogen-bond acceptors (Lipinski definition) is 4. The molecule has 0 unspecified atom stereocenters. The lowest BCUT2D eigenvalue weighted by atomic mass is 10.1. The summed E-state index contributed by atoms with van der Waals surface area (Å²) >= 11 is 1.04. The second-order valence-corrected chi connectivity index (χ2v) is 8.06. The van der Waals surface area contributed by atoms with Gasteiger partial charge in [-0.3, -0.25) is 14.4 Å². The third-order valence-corrected chi connectivity index (χ3v) is 5.60. The first kappa shape index (κ1) is 22.1. The molecule has 3 aromatic rings. The smallest absolute Gasteiger partial charge is 0.286 e. The summed E-state index contributed by atoms with van der Waals surface area (Å²) in [4.78, 5) is 39.6. The molecule has 0 aliphatic carbocycles. The Morgan fingerprint density at radius 3 is 2.06 bits per heavy atom. The minimum absolute atomic E-state index is 0.136. The summed E-state index contributed by atoms with van der Waals surface area (Å²) < 4.78 is 0. The maximum atomic E-state index is 12.9. The predicted octanol–water partition coefficient (Wildman–Crippen LogP) is 5.27. The van der Waals surface area contributed by atoms with Crippen LogP contribution in [0.2, 0.25) is 0 Å². The van der Waals surface area contributed by atoms with E-state index in [-0.39, 0.29) is 17.1 Å². The van der Waals surface area contributed by atoms with Crippen LogP contribution in [0.3, 0.4) is 0 Å². The fourth-order valence-corrected chi connectivity index (χ4v) is 3.47. The van der Waals surface area contributed by atoms with E-state index in [1.54, 1.807) is 74.8 Å². The first-order valence-electron chi connectivity index (χ1n) is 9.61. The summed E-state index contributed by atoms with van der Waals surface area (Å²) in [5.74, 6) is -0.578. The summed E-state index contributed by atoms with van der Waals surface area (Å²) in [5, 5.41) is 5.59. The van der Waals surface area contributed by atoms with Crippen LogP contribution >= 0.6 is 11.8 Å². The van der Waals surface area contributed by atoms with Gasteiger partial charge in [0.15, 0.2) is 0 Å². The fourth-order valence-electron chi connectivity index (χ4n) is 2.72. The van der Waals surface area contributed by atoms with Gasteiger partial charge in [-0.25, -0.2) is 0 Å². The summed E-state index contributed by atoms with van der Waals surface area (Å²) in [6, 6.07) is 21.1. The number of benzene rings is 3. The Morgan fingerprint density at radius 1 is 0.742 bits per heavy atom. The SMILES string of the molecule is Cc1ccc(C(=O)Nc2ccccc2SC(=O)N(C)C)cc1NC(=O)c1ccccc1. The van der Waals surface area contributed by atoms with Crippen molar-refractivity contribution >= 4 is 40.2 Å². The molecule has 3 aromatic carbocycles. The molecule has 6 nitrogen and oxygen atoms in total. The summed E-state index contributed by atoms with van der Waals surface area (Å²) in [6.07, 6.45) is 0. The third kappa shape index (κ3) is 5.73. The maximum absolute atomic E-state index is 12.9. The van der Waals surface area contributed by atoms with Crippen LogP contribution in [0.25, 0.3) is 0 Å². The van der Waals surface area contributed by atoms with Gasteiger partial charge in [0.1, 0.15) is 0 Å². The van der Waals surface area contributed by atoms with Crippen LogP contribution in [0.4, 0.5) is 16.2 Å². The zero-order valence-corrected chi connectivity index (χ0v) is 18.3. The monoisotopic (exact) mass is 433 g/mol. The van der Waals surface area contributed by atoms with Crippen molar-refractivity contribution in [2.75, 3.05) is 24.7 Å². The van der Waals surface area contributed by atoms with E-state index in [9.17, 15) is 14.4 Å². The van der Waals surface area contributed by atoms with Gasteiger partial charge in [-0.05, 0) is 60.6 Å². The Hall–Kier alpha value is -3.58. The maximum Gasteiger partial charge on any atom is 0.286 e. The number of anilines is 2. The van der Waals surface area contributed by atoms with Gasteiger partial charge in [-0.1, -0.05) is 36.4 Å². The highest BCUT2D eigenvalue weighted by Gasteiger charge is 2.15. The Kier molecular flexibility index (Phi) is 7.10. The van der Waals surface area contributed by atoms with Gasteiger partial charge in [0, 0.05) is 35.8 Å². The molecule has 31 heavy (non-hydrogen) atoms. The van der Waals surface area contributed by atoms with Crippen LogP contribution < -0.4 is 10.6 Å². The van der Waals surface area contributed by atoms with Crippen molar-refractivity contribution in [2.45, 2.75) is 11.8 Å². The summed E-state index contributed by atoms with van der Waals surface area (Å²) in [7, 11) is 3.35. The van der Waals surface area contributed by atoms with Crippen LogP contribution in [0.5, 0.6) is 0 Å². The van der Waals surface area contributed by atoms with E-state index in [1.807, 2.05) is 19.1 Å². The molecule has 0 radical (unpaired) electrons. The molecule has 0 saturated carbocycles. The topological polar surface area (TPSA) is 78.5 Å². The standard InChI is InChI=1S/C24H23N3O3S/c1-16-13-14-18(15-20(16)26-22(28)17-9-5-4-6-10-17)23(29)25-19-11-7-8-12-21(19)31-24(30)27(2)3/h4-15H,1-3H3,(H,25,29)(H,26,28). The highest BCUT2D eigenvalue weighted by Crippen LogP contribution is 2.29. The number of carbonyl (C=O) groups excluding carboxylic acids is 3. The lowest BCUT2D eigenvalue weighted by Gasteiger charge is -2.14. The summed E-state index contributed by atoms with van der Waals surface area (Å²) in [5.41, 5.74) is 2.88. The number of nitrogens with zero attached hydrogens (tertiary/aromatic N) is 1. The molecule has 0 atom stereocenters. The number of thioether (sulfide) groups is 1. The minimum atomic E-state index is -0.333. The molecule has 0 heterocycles. The van der Waals surface area contributed by atoms with Crippen LogP contribution in [-0.2, 0) is 0 Å². The van der Waals surface area contributed by atoms with Gasteiger partial charge in [0.2, 0.25) is 0 Å². The second-order valence-electron chi connectivity index (χ2n) is 7.06. The number of rotatable bonds is 5. The van der Waals surface area contributed by atoms with Gasteiger partial charge in [0.05, 0.1) is 5.69 Å². The molecule has 158 valence electrons. The van der Waals surface area contributed by atoms with E-state index in [2.05, 4.69) is 10.6 Å². The minimum Gasteiger partial charge on any atom is -0.339 e. The Balaban J connectivity index is 1.78. The van der Waals surface area contributed by atoms with E-state index in [1.165, 1.54) is 4.90 Å². The molecule has 7 heteroatoms. The molecule has 0 fully saturated rings. The first-order valence-corrected chi connectivity index (χ1v) is 10.4. The van der Waals surface area contributed by atoms with Crippen LogP contribution in [0, 0.1) is 6.92 Å². The normalized spacial score (nSPS) is 10.3. The highest BCUT2D eigenvalue weighted by molar-refractivity contribution is 8.13. The lowest BCUT2D eigenvalue weighted by Crippen LogP contribution is -2.17. The van der Waals surface area contributed by atoms with Crippen LogP contribution in [0.1, 0.15) is 26.3 Å². The molecule has 0 spiro atoms. The molecule has 0 bridgehead atoms. The molecule has 0 aromatic heterocycles. The molecule has 2 N–H and O–H groups in total. The second kappa shape index (κ2) is 9.95. The fraction of sp³-hybridized carbons (Fsp3) is 0.125. The molecule has 3 amide bonds. The van der Waals surface area contributed by atoms with E-state index in [0.717, 1.165) is 17.3 Å². The van der Waals surface area contributed by atoms with Crippen molar-refractivity contribution in [2.24, 2.45) is 0 Å². The van der Waals surface area contributed by atoms with Gasteiger partial charge >= 0.3 is 0 Å². The number of amides is 3. The zero-order chi connectivity index (χ0) is 22.4. The number of para-hydroxylation sites is 1. The van der Waals surface area contributed by atoms with Crippen molar-refractivity contribution in [3.8, 4) is 0 Å². The van der Waals surface area contributed by atoms with E-state index in [4.69, 9.17) is 0 Å². The molecule has 3 rings (SSSR count). The van der Waals surface area contributed by atoms with Gasteiger partial charge < -0.3 is 15.5 Å². The van der Waals surface area contributed by atoms with Crippen molar-refractivity contribution < 1.29 is 14.4 Å². The average molecular weight is 434 g/mol. The van der Waals surface area contributed by atoms with E-state index in [0.29, 0.717) is 27.4 Å². The van der Waals surface area contributed by atoms with Crippen LogP contribution in [0.15, 0.2) is 77.7 Å². The number of aryl methyl sites for hydroxylation is 1. The van der Waals surface area contributed by atoms with E-state index >= 15 is 0 Å². The largest absolute Gasteiger partial charge is 0.339 e. The molecular formula is C24H23N3O3S. The predicted molar refractivity (Wildman–Crippen MR) is 125 cm³/mol. The van der Waals surface area contributed by atoms with Gasteiger partial charge in [0.25, 0.3) is 17.1 Å². The molecule has 0 aliphatic heterocycles. The molecule has 0 saturated heterocycles. The number of nitrogens with one attached hydrogen (secondary N) is 2. The molecular weight excluding hydrogens is 410 g/mol. The van der Waals surface area contributed by atoms with Crippen molar-refractivity contribution in [1.82, 2.24) is 4.90 Å². The molecule has 0 aliphatic rings.